The first-order chi connectivity index (χ1) is 6.38. The Bertz CT molecular complexity index is 406. The summed E-state index contributed by atoms with van der Waals surface area (Å²) >= 11 is 2.73. The summed E-state index contributed by atoms with van der Waals surface area (Å²) in [5.41, 5.74) is 3.50. The smallest absolute Gasteiger partial charge is 0.398 e. The van der Waals surface area contributed by atoms with Gasteiger partial charge in [-0.25, -0.2) is 0 Å². The van der Waals surface area contributed by atoms with E-state index in [-0.39, 0.29) is 10.2 Å². The van der Waals surface area contributed by atoms with Crippen LogP contribution in [-0.2, 0) is 6.18 Å². The van der Waals surface area contributed by atoms with Crippen molar-refractivity contribution < 1.29 is 13.2 Å². The molecular formula is C8H4BrF3N2. The number of benzene rings is 1. The molecule has 0 saturated heterocycles. The fourth-order valence-corrected chi connectivity index (χ4v) is 1.55. The molecule has 0 aromatic heterocycles. The third-order valence-electron chi connectivity index (χ3n) is 1.58. The molecule has 1 rings (SSSR count). The quantitative estimate of drug-likeness (QED) is 0.733. The lowest BCUT2D eigenvalue weighted by molar-refractivity contribution is -0.138. The van der Waals surface area contributed by atoms with E-state index in [0.717, 1.165) is 0 Å². The molecule has 0 heterocycles. The molecule has 14 heavy (non-hydrogen) atoms. The van der Waals surface area contributed by atoms with Crippen molar-refractivity contribution in [3.8, 4) is 6.07 Å². The summed E-state index contributed by atoms with van der Waals surface area (Å²) in [5.74, 6) is 0. The van der Waals surface area contributed by atoms with Crippen LogP contribution in [0.5, 0.6) is 0 Å². The number of nitrogens with zero attached hydrogens (tertiary/aromatic N) is 1. The fourth-order valence-electron chi connectivity index (χ4n) is 0.991. The number of hydrogen-bond donors (Lipinski definition) is 1. The Balaban J connectivity index is 3.56. The van der Waals surface area contributed by atoms with E-state index >= 15 is 0 Å². The molecule has 0 spiro atoms. The zero-order valence-electron chi connectivity index (χ0n) is 6.69. The van der Waals surface area contributed by atoms with Crippen molar-refractivity contribution >= 4 is 21.6 Å². The molecule has 0 bridgehead atoms. The molecule has 0 fully saturated rings. The van der Waals surface area contributed by atoms with Gasteiger partial charge in [-0.15, -0.1) is 0 Å². The molecule has 0 atom stereocenters. The molecule has 6 heteroatoms. The van der Waals surface area contributed by atoms with Gasteiger partial charge in [-0.3, -0.25) is 0 Å². The molecule has 1 aromatic rings. The van der Waals surface area contributed by atoms with E-state index in [9.17, 15) is 13.2 Å². The number of nitrogen functional groups attached to an aromatic ring is 1. The molecule has 2 N–H and O–H groups in total. The van der Waals surface area contributed by atoms with Crippen molar-refractivity contribution in [2.45, 2.75) is 6.18 Å². The summed E-state index contributed by atoms with van der Waals surface area (Å²) < 4.78 is 37.1. The van der Waals surface area contributed by atoms with Gasteiger partial charge in [0, 0.05) is 4.47 Å². The zero-order valence-corrected chi connectivity index (χ0v) is 8.28. The Hall–Kier alpha value is -1.22. The topological polar surface area (TPSA) is 49.8 Å². The second-order valence-corrected chi connectivity index (χ2v) is 3.35. The van der Waals surface area contributed by atoms with Crippen LogP contribution in [0.25, 0.3) is 0 Å². The largest absolute Gasteiger partial charge is 0.418 e. The van der Waals surface area contributed by atoms with Gasteiger partial charge in [-0.05, 0) is 12.1 Å². The van der Waals surface area contributed by atoms with E-state index in [1.807, 2.05) is 0 Å². The molecule has 0 aliphatic rings. The van der Waals surface area contributed by atoms with Crippen LogP contribution in [0.1, 0.15) is 11.1 Å². The van der Waals surface area contributed by atoms with Crippen LogP contribution in [0.2, 0.25) is 0 Å². The van der Waals surface area contributed by atoms with Crippen LogP contribution in [0.3, 0.4) is 0 Å². The Morgan fingerprint density at radius 1 is 1.36 bits per heavy atom. The minimum absolute atomic E-state index is 0.178. The van der Waals surface area contributed by atoms with Crippen molar-refractivity contribution in [1.29, 1.82) is 5.26 Å². The Kier molecular flexibility index (Phi) is 2.71. The van der Waals surface area contributed by atoms with Crippen molar-refractivity contribution in [1.82, 2.24) is 0 Å². The molecule has 1 aromatic carbocycles. The number of halogens is 4. The van der Waals surface area contributed by atoms with Crippen molar-refractivity contribution in [2.24, 2.45) is 0 Å². The van der Waals surface area contributed by atoms with Gasteiger partial charge in [0.1, 0.15) is 6.07 Å². The minimum atomic E-state index is -4.58. The van der Waals surface area contributed by atoms with Crippen molar-refractivity contribution in [3.63, 3.8) is 0 Å². The molecule has 0 aliphatic carbocycles. The Labute approximate surface area is 86.3 Å². The molecule has 0 saturated carbocycles. The maximum absolute atomic E-state index is 12.4. The third-order valence-corrected chi connectivity index (χ3v) is 2.24. The Morgan fingerprint density at radius 3 is 2.29 bits per heavy atom. The summed E-state index contributed by atoms with van der Waals surface area (Å²) in [6, 6.07) is 3.85. The minimum Gasteiger partial charge on any atom is -0.398 e. The summed E-state index contributed by atoms with van der Waals surface area (Å²) in [5, 5.41) is 8.54. The summed E-state index contributed by atoms with van der Waals surface area (Å²) in [6.45, 7) is 0. The fraction of sp³-hybridized carbons (Fsp3) is 0.125. The molecule has 0 aliphatic heterocycles. The maximum Gasteiger partial charge on any atom is 0.418 e. The first kappa shape index (κ1) is 10.9. The lowest BCUT2D eigenvalue weighted by atomic mass is 10.1. The van der Waals surface area contributed by atoms with Crippen LogP contribution in [0.4, 0.5) is 18.9 Å². The Morgan fingerprint density at radius 2 is 1.93 bits per heavy atom. The predicted octanol–water partition coefficient (Wildman–Crippen LogP) is 2.92. The standard InChI is InChI=1S/C8H4BrF3N2/c9-5-1-2-6(14)4(3-13)7(5)8(10,11)12/h1-2H,14H2. The molecule has 0 unspecified atom stereocenters. The molecule has 2 nitrogen and oxygen atoms in total. The van der Waals surface area contributed by atoms with E-state index in [0.29, 0.717) is 0 Å². The van der Waals surface area contributed by atoms with Gasteiger partial charge in [0.2, 0.25) is 0 Å². The highest BCUT2D eigenvalue weighted by molar-refractivity contribution is 9.10. The van der Waals surface area contributed by atoms with E-state index in [4.69, 9.17) is 11.0 Å². The van der Waals surface area contributed by atoms with Crippen LogP contribution < -0.4 is 5.73 Å². The van der Waals surface area contributed by atoms with Crippen LogP contribution in [0.15, 0.2) is 16.6 Å². The summed E-state index contributed by atoms with van der Waals surface area (Å²) in [4.78, 5) is 0. The number of rotatable bonds is 0. The van der Waals surface area contributed by atoms with Crippen LogP contribution in [0, 0.1) is 11.3 Å². The normalized spacial score (nSPS) is 11.1. The number of anilines is 1. The lowest BCUT2D eigenvalue weighted by Crippen LogP contribution is -2.10. The first-order valence-corrected chi connectivity index (χ1v) is 4.22. The predicted molar refractivity (Wildman–Crippen MR) is 48.3 cm³/mol. The van der Waals surface area contributed by atoms with Gasteiger partial charge in [-0.1, -0.05) is 15.9 Å². The number of hydrogen-bond acceptors (Lipinski definition) is 2. The highest BCUT2D eigenvalue weighted by Crippen LogP contribution is 2.38. The SMILES string of the molecule is N#Cc1c(N)ccc(Br)c1C(F)(F)F. The van der Waals surface area contributed by atoms with Crippen LogP contribution in [-0.4, -0.2) is 0 Å². The van der Waals surface area contributed by atoms with E-state index < -0.39 is 17.3 Å². The molecule has 0 amide bonds. The van der Waals surface area contributed by atoms with E-state index in [1.54, 1.807) is 0 Å². The van der Waals surface area contributed by atoms with Gasteiger partial charge in [0.15, 0.2) is 0 Å². The van der Waals surface area contributed by atoms with Crippen molar-refractivity contribution in [2.75, 3.05) is 5.73 Å². The second kappa shape index (κ2) is 3.50. The van der Waals surface area contributed by atoms with Gasteiger partial charge in [-0.2, -0.15) is 18.4 Å². The number of alkyl halides is 3. The zero-order chi connectivity index (χ0) is 10.9. The molecule has 74 valence electrons. The highest BCUT2D eigenvalue weighted by atomic mass is 79.9. The first-order valence-electron chi connectivity index (χ1n) is 3.43. The molecule has 0 radical (unpaired) electrons. The van der Waals surface area contributed by atoms with Crippen LogP contribution >= 0.6 is 15.9 Å². The monoisotopic (exact) mass is 264 g/mol. The average molecular weight is 265 g/mol. The number of nitriles is 1. The van der Waals surface area contributed by atoms with Gasteiger partial charge < -0.3 is 5.73 Å². The van der Waals surface area contributed by atoms with E-state index in [1.165, 1.54) is 18.2 Å². The lowest BCUT2D eigenvalue weighted by Gasteiger charge is -2.11. The van der Waals surface area contributed by atoms with Crippen molar-refractivity contribution in [3.05, 3.63) is 27.7 Å². The summed E-state index contributed by atoms with van der Waals surface area (Å²) in [6.07, 6.45) is -4.58. The van der Waals surface area contributed by atoms with Gasteiger partial charge in [0.25, 0.3) is 0 Å². The van der Waals surface area contributed by atoms with E-state index in [2.05, 4.69) is 15.9 Å². The second-order valence-electron chi connectivity index (χ2n) is 2.50. The molecular weight excluding hydrogens is 261 g/mol. The van der Waals surface area contributed by atoms with Gasteiger partial charge >= 0.3 is 6.18 Å². The highest BCUT2D eigenvalue weighted by Gasteiger charge is 2.36. The third kappa shape index (κ3) is 1.82. The average Bonchev–Trinajstić information content (AvgIpc) is 2.06. The number of nitrogens with two attached hydrogens (primary N) is 1. The summed E-state index contributed by atoms with van der Waals surface area (Å²) in [7, 11) is 0. The maximum atomic E-state index is 12.4. The van der Waals surface area contributed by atoms with Gasteiger partial charge in [0.05, 0.1) is 16.8 Å².